The van der Waals surface area contributed by atoms with Gasteiger partial charge in [-0.15, -0.1) is 0 Å². The van der Waals surface area contributed by atoms with Crippen molar-refractivity contribution < 1.29 is 4.74 Å². The lowest BCUT2D eigenvalue weighted by Gasteiger charge is -2.10. The molecule has 0 aliphatic heterocycles. The van der Waals surface area contributed by atoms with E-state index in [1.54, 1.807) is 6.20 Å². The van der Waals surface area contributed by atoms with E-state index in [4.69, 9.17) is 10.5 Å². The van der Waals surface area contributed by atoms with Gasteiger partial charge in [-0.1, -0.05) is 6.92 Å². The van der Waals surface area contributed by atoms with Gasteiger partial charge in [0.2, 0.25) is 0 Å². The fourth-order valence-electron chi connectivity index (χ4n) is 0.941. The van der Waals surface area contributed by atoms with Gasteiger partial charge in [-0.2, -0.15) is 0 Å². The Labute approximate surface area is 78.9 Å². The first kappa shape index (κ1) is 9.99. The van der Waals surface area contributed by atoms with Gasteiger partial charge in [0.05, 0.1) is 12.7 Å². The maximum absolute atomic E-state index is 5.55. The Morgan fingerprint density at radius 2 is 2.38 bits per heavy atom. The molecule has 0 aliphatic carbocycles. The summed E-state index contributed by atoms with van der Waals surface area (Å²) in [5.74, 6) is 0.547. The summed E-state index contributed by atoms with van der Waals surface area (Å²) in [6.45, 7) is 4.78. The lowest BCUT2D eigenvalue weighted by atomic mass is 10.2. The number of nitrogens with two attached hydrogens (primary N) is 1. The molecule has 1 heterocycles. The van der Waals surface area contributed by atoms with E-state index in [1.165, 1.54) is 0 Å². The fourth-order valence-corrected chi connectivity index (χ4v) is 0.941. The second kappa shape index (κ2) is 4.82. The smallest absolute Gasteiger partial charge is 0.123 e. The number of ether oxygens (including phenoxy) is 1. The number of hydrogen-bond donors (Lipinski definition) is 1. The standard InChI is InChI=1S/C10H16N2O/c1-3-8(2)13-7-9-4-5-12-10(11)6-9/h4-6,8H,3,7H2,1-2H3,(H2,11,12). The minimum atomic E-state index is 0.300. The van der Waals surface area contributed by atoms with Crippen molar-refractivity contribution >= 4 is 5.82 Å². The van der Waals surface area contributed by atoms with Crippen molar-refractivity contribution in [3.63, 3.8) is 0 Å². The highest BCUT2D eigenvalue weighted by Gasteiger charge is 1.99. The van der Waals surface area contributed by atoms with Gasteiger partial charge >= 0.3 is 0 Å². The maximum atomic E-state index is 5.55. The quantitative estimate of drug-likeness (QED) is 0.770. The van der Waals surface area contributed by atoms with Gasteiger partial charge in [-0.3, -0.25) is 0 Å². The molecule has 1 unspecified atom stereocenters. The molecule has 0 saturated carbocycles. The van der Waals surface area contributed by atoms with Crippen molar-refractivity contribution in [1.82, 2.24) is 4.98 Å². The fraction of sp³-hybridized carbons (Fsp3) is 0.500. The molecule has 0 fully saturated rings. The maximum Gasteiger partial charge on any atom is 0.123 e. The van der Waals surface area contributed by atoms with Crippen molar-refractivity contribution in [1.29, 1.82) is 0 Å². The highest BCUT2D eigenvalue weighted by Crippen LogP contribution is 2.07. The Balaban J connectivity index is 2.45. The highest BCUT2D eigenvalue weighted by atomic mass is 16.5. The lowest BCUT2D eigenvalue weighted by Crippen LogP contribution is -2.06. The van der Waals surface area contributed by atoms with Crippen LogP contribution in [0.2, 0.25) is 0 Å². The number of pyridine rings is 1. The molecule has 1 aromatic heterocycles. The van der Waals surface area contributed by atoms with Crippen LogP contribution in [-0.4, -0.2) is 11.1 Å². The number of nitrogens with zero attached hydrogens (tertiary/aromatic N) is 1. The van der Waals surface area contributed by atoms with E-state index in [9.17, 15) is 0 Å². The Hall–Kier alpha value is -1.09. The van der Waals surface area contributed by atoms with Crippen LogP contribution in [0.15, 0.2) is 18.3 Å². The average Bonchev–Trinajstić information content (AvgIpc) is 2.14. The van der Waals surface area contributed by atoms with Gasteiger partial charge in [-0.05, 0) is 31.0 Å². The zero-order chi connectivity index (χ0) is 9.68. The summed E-state index contributed by atoms with van der Waals surface area (Å²) in [5, 5.41) is 0. The van der Waals surface area contributed by atoms with Crippen LogP contribution in [0.5, 0.6) is 0 Å². The Morgan fingerprint density at radius 1 is 1.62 bits per heavy atom. The van der Waals surface area contributed by atoms with Crippen molar-refractivity contribution in [2.24, 2.45) is 0 Å². The molecule has 1 atom stereocenters. The third kappa shape index (κ3) is 3.42. The molecule has 0 amide bonds. The lowest BCUT2D eigenvalue weighted by molar-refractivity contribution is 0.0508. The molecule has 13 heavy (non-hydrogen) atoms. The summed E-state index contributed by atoms with van der Waals surface area (Å²) in [5.41, 5.74) is 6.61. The summed E-state index contributed by atoms with van der Waals surface area (Å²) >= 11 is 0. The monoisotopic (exact) mass is 180 g/mol. The molecule has 0 spiro atoms. The van der Waals surface area contributed by atoms with Crippen LogP contribution < -0.4 is 5.73 Å². The second-order valence-corrected chi connectivity index (χ2v) is 3.12. The molecule has 0 aromatic carbocycles. The van der Waals surface area contributed by atoms with Gasteiger partial charge in [0.1, 0.15) is 5.82 Å². The molecule has 3 nitrogen and oxygen atoms in total. The molecule has 1 rings (SSSR count). The molecule has 0 bridgehead atoms. The zero-order valence-electron chi connectivity index (χ0n) is 8.16. The largest absolute Gasteiger partial charge is 0.384 e. The summed E-state index contributed by atoms with van der Waals surface area (Å²) in [4.78, 5) is 3.91. The third-order valence-electron chi connectivity index (χ3n) is 1.95. The van der Waals surface area contributed by atoms with Crippen molar-refractivity contribution in [3.8, 4) is 0 Å². The molecule has 0 radical (unpaired) electrons. The van der Waals surface area contributed by atoms with Gasteiger partial charge < -0.3 is 10.5 Å². The van der Waals surface area contributed by atoms with Crippen LogP contribution in [0.25, 0.3) is 0 Å². The number of rotatable bonds is 4. The van der Waals surface area contributed by atoms with Crippen LogP contribution >= 0.6 is 0 Å². The van der Waals surface area contributed by atoms with Crippen LogP contribution in [-0.2, 0) is 11.3 Å². The predicted octanol–water partition coefficient (Wildman–Crippen LogP) is 1.98. The van der Waals surface area contributed by atoms with E-state index >= 15 is 0 Å². The van der Waals surface area contributed by atoms with Crippen LogP contribution in [0.1, 0.15) is 25.8 Å². The summed E-state index contributed by atoms with van der Waals surface area (Å²) in [6, 6.07) is 3.75. The van der Waals surface area contributed by atoms with Gasteiger partial charge in [0.25, 0.3) is 0 Å². The minimum absolute atomic E-state index is 0.300. The first-order valence-electron chi connectivity index (χ1n) is 4.54. The average molecular weight is 180 g/mol. The molecule has 0 aliphatic rings. The summed E-state index contributed by atoms with van der Waals surface area (Å²) < 4.78 is 5.55. The highest BCUT2D eigenvalue weighted by molar-refractivity contribution is 5.31. The minimum Gasteiger partial charge on any atom is -0.384 e. The predicted molar refractivity (Wildman–Crippen MR) is 53.2 cm³/mol. The van der Waals surface area contributed by atoms with Gasteiger partial charge in [-0.25, -0.2) is 4.98 Å². The first-order chi connectivity index (χ1) is 6.22. The summed E-state index contributed by atoms with van der Waals surface area (Å²) in [6.07, 6.45) is 3.03. The van der Waals surface area contributed by atoms with E-state index < -0.39 is 0 Å². The Morgan fingerprint density at radius 3 is 3.00 bits per heavy atom. The molecule has 0 saturated heterocycles. The number of nitrogen functional groups attached to an aromatic ring is 1. The van der Waals surface area contributed by atoms with Crippen LogP contribution in [0.4, 0.5) is 5.82 Å². The third-order valence-corrected chi connectivity index (χ3v) is 1.95. The molecule has 72 valence electrons. The van der Waals surface area contributed by atoms with E-state index in [0.29, 0.717) is 18.5 Å². The number of anilines is 1. The Bertz CT molecular complexity index is 263. The molecule has 1 aromatic rings. The van der Waals surface area contributed by atoms with E-state index in [0.717, 1.165) is 12.0 Å². The molecule has 3 heteroatoms. The van der Waals surface area contributed by atoms with E-state index in [2.05, 4.69) is 18.8 Å². The zero-order valence-corrected chi connectivity index (χ0v) is 8.16. The normalized spacial score (nSPS) is 12.8. The van der Waals surface area contributed by atoms with E-state index in [1.807, 2.05) is 12.1 Å². The second-order valence-electron chi connectivity index (χ2n) is 3.12. The van der Waals surface area contributed by atoms with Crippen molar-refractivity contribution in [2.75, 3.05) is 5.73 Å². The molecular weight excluding hydrogens is 164 g/mol. The first-order valence-corrected chi connectivity index (χ1v) is 4.54. The topological polar surface area (TPSA) is 48.1 Å². The molecular formula is C10H16N2O. The van der Waals surface area contributed by atoms with Crippen molar-refractivity contribution in [3.05, 3.63) is 23.9 Å². The van der Waals surface area contributed by atoms with Gasteiger partial charge in [0.15, 0.2) is 0 Å². The molecule has 2 N–H and O–H groups in total. The van der Waals surface area contributed by atoms with Gasteiger partial charge in [0, 0.05) is 6.20 Å². The number of hydrogen-bond acceptors (Lipinski definition) is 3. The summed E-state index contributed by atoms with van der Waals surface area (Å²) in [7, 11) is 0. The van der Waals surface area contributed by atoms with Crippen molar-refractivity contribution in [2.45, 2.75) is 33.0 Å². The number of aromatic nitrogens is 1. The Kier molecular flexibility index (Phi) is 3.71. The van der Waals surface area contributed by atoms with E-state index in [-0.39, 0.29) is 0 Å². The van der Waals surface area contributed by atoms with Crippen LogP contribution in [0, 0.1) is 0 Å². The van der Waals surface area contributed by atoms with Crippen LogP contribution in [0.3, 0.4) is 0 Å². The SMILES string of the molecule is CCC(C)OCc1ccnc(N)c1.